The molecule has 0 saturated heterocycles. The van der Waals surface area contributed by atoms with Crippen molar-refractivity contribution in [3.8, 4) is 5.75 Å². The Labute approximate surface area is 182 Å². The van der Waals surface area contributed by atoms with Crippen LogP contribution in [0.3, 0.4) is 0 Å². The van der Waals surface area contributed by atoms with Crippen molar-refractivity contribution >= 4 is 44.1 Å². The number of hydrogen-bond donors (Lipinski definition) is 2. The summed E-state index contributed by atoms with van der Waals surface area (Å²) in [4.78, 5) is 25.5. The van der Waals surface area contributed by atoms with E-state index in [4.69, 9.17) is 10.5 Å². The van der Waals surface area contributed by atoms with Crippen LogP contribution in [0, 0.1) is 0 Å². The number of amides is 2. The second kappa shape index (κ2) is 9.24. The first-order valence-corrected chi connectivity index (χ1v) is 10.7. The summed E-state index contributed by atoms with van der Waals surface area (Å²) in [6, 6.07) is 16.5. The first-order chi connectivity index (χ1) is 13.8. The van der Waals surface area contributed by atoms with Crippen LogP contribution in [-0.2, 0) is 6.61 Å². The van der Waals surface area contributed by atoms with Gasteiger partial charge in [0.15, 0.2) is 0 Å². The van der Waals surface area contributed by atoms with E-state index in [1.54, 1.807) is 24.3 Å². The number of carbonyl (C=O) groups excluding carboxylic acids is 2. The molecule has 0 fully saturated rings. The first kappa shape index (κ1) is 21.1. The van der Waals surface area contributed by atoms with Gasteiger partial charge in [-0.25, -0.2) is 0 Å². The molecule has 3 N–H and O–H groups in total. The predicted molar refractivity (Wildman–Crippen MR) is 120 cm³/mol. The van der Waals surface area contributed by atoms with Gasteiger partial charge in [-0.3, -0.25) is 9.59 Å². The average Bonchev–Trinajstić information content (AvgIpc) is 3.12. The number of nitrogens with two attached hydrogens (primary N) is 1. The number of anilines is 1. The van der Waals surface area contributed by atoms with Crippen molar-refractivity contribution in [1.82, 2.24) is 0 Å². The second-order valence-corrected chi connectivity index (χ2v) is 8.72. The summed E-state index contributed by atoms with van der Waals surface area (Å²) >= 11 is 4.82. The van der Waals surface area contributed by atoms with Crippen molar-refractivity contribution < 1.29 is 14.3 Å². The fraction of sp³-hybridized carbons (Fsp3) is 0.182. The average molecular weight is 473 g/mol. The van der Waals surface area contributed by atoms with Crippen molar-refractivity contribution in [2.45, 2.75) is 26.4 Å². The number of hydrogen-bond acceptors (Lipinski definition) is 4. The van der Waals surface area contributed by atoms with E-state index in [1.807, 2.05) is 44.2 Å². The number of benzene rings is 2. The Morgan fingerprint density at radius 1 is 1.14 bits per heavy atom. The van der Waals surface area contributed by atoms with Gasteiger partial charge in [0.2, 0.25) is 0 Å². The molecule has 3 rings (SSSR count). The smallest absolute Gasteiger partial charge is 0.256 e. The molecule has 0 unspecified atom stereocenters. The Morgan fingerprint density at radius 3 is 2.59 bits per heavy atom. The zero-order valence-corrected chi connectivity index (χ0v) is 18.5. The van der Waals surface area contributed by atoms with Crippen LogP contribution >= 0.6 is 27.3 Å². The van der Waals surface area contributed by atoms with Crippen LogP contribution in [0.15, 0.2) is 59.1 Å². The molecule has 150 valence electrons. The van der Waals surface area contributed by atoms with Gasteiger partial charge in [-0.1, -0.05) is 38.1 Å². The largest absolute Gasteiger partial charge is 0.488 e. The minimum atomic E-state index is -0.556. The summed E-state index contributed by atoms with van der Waals surface area (Å²) in [5.74, 6) is 0.112. The molecule has 0 spiro atoms. The van der Waals surface area contributed by atoms with Gasteiger partial charge in [0.05, 0.1) is 10.0 Å². The fourth-order valence-electron chi connectivity index (χ4n) is 2.67. The number of ether oxygens (including phenoxy) is 1. The Bertz CT molecular complexity index is 1050. The zero-order valence-electron chi connectivity index (χ0n) is 16.1. The lowest BCUT2D eigenvalue weighted by Gasteiger charge is -2.10. The lowest BCUT2D eigenvalue weighted by Crippen LogP contribution is -2.16. The molecular weight excluding hydrogens is 452 g/mol. The van der Waals surface area contributed by atoms with Crippen LogP contribution < -0.4 is 15.8 Å². The quantitative estimate of drug-likeness (QED) is 0.471. The van der Waals surface area contributed by atoms with Crippen LogP contribution in [0.25, 0.3) is 0 Å². The van der Waals surface area contributed by atoms with E-state index < -0.39 is 5.91 Å². The highest BCUT2D eigenvalue weighted by Gasteiger charge is 2.18. The third kappa shape index (κ3) is 5.25. The molecule has 3 aromatic rings. The number of halogens is 1. The molecule has 2 aromatic carbocycles. The maximum atomic E-state index is 12.7. The van der Waals surface area contributed by atoms with Gasteiger partial charge >= 0.3 is 0 Å². The Morgan fingerprint density at radius 2 is 1.90 bits per heavy atom. The summed E-state index contributed by atoms with van der Waals surface area (Å²) in [7, 11) is 0. The highest BCUT2D eigenvalue weighted by Crippen LogP contribution is 2.33. The number of thiophene rings is 1. The summed E-state index contributed by atoms with van der Waals surface area (Å²) < 4.78 is 6.69. The lowest BCUT2D eigenvalue weighted by atomic mass is 10.1. The van der Waals surface area contributed by atoms with Gasteiger partial charge in [-0.2, -0.15) is 0 Å². The molecule has 7 heteroatoms. The molecule has 5 nitrogen and oxygen atoms in total. The van der Waals surface area contributed by atoms with Crippen molar-refractivity contribution in [2.75, 3.05) is 5.32 Å². The van der Waals surface area contributed by atoms with E-state index in [0.29, 0.717) is 22.7 Å². The van der Waals surface area contributed by atoms with Crippen molar-refractivity contribution in [2.24, 2.45) is 5.73 Å². The van der Waals surface area contributed by atoms with Crippen molar-refractivity contribution in [3.63, 3.8) is 0 Å². The topological polar surface area (TPSA) is 81.4 Å². The van der Waals surface area contributed by atoms with Gasteiger partial charge in [0, 0.05) is 10.4 Å². The highest BCUT2D eigenvalue weighted by atomic mass is 79.9. The molecule has 2 amide bonds. The van der Waals surface area contributed by atoms with E-state index in [2.05, 4.69) is 21.2 Å². The van der Waals surface area contributed by atoms with Gasteiger partial charge in [-0.05, 0) is 57.7 Å². The molecule has 1 aromatic heterocycles. The Kier molecular flexibility index (Phi) is 6.71. The van der Waals surface area contributed by atoms with Crippen LogP contribution in [-0.4, -0.2) is 11.8 Å². The third-order valence-electron chi connectivity index (χ3n) is 4.23. The molecule has 1 heterocycles. The van der Waals surface area contributed by atoms with E-state index in [0.717, 1.165) is 20.7 Å². The lowest BCUT2D eigenvalue weighted by molar-refractivity contribution is 0.100. The molecule has 0 aliphatic heterocycles. The summed E-state index contributed by atoms with van der Waals surface area (Å²) in [6.07, 6.45) is 0. The molecule has 29 heavy (non-hydrogen) atoms. The summed E-state index contributed by atoms with van der Waals surface area (Å²) in [5, 5.41) is 3.30. The number of para-hydroxylation sites is 1. The van der Waals surface area contributed by atoms with Crippen molar-refractivity contribution in [3.05, 3.63) is 80.6 Å². The minimum Gasteiger partial charge on any atom is -0.488 e. The highest BCUT2D eigenvalue weighted by molar-refractivity contribution is 9.10. The molecular formula is C22H21BrN2O3S. The summed E-state index contributed by atoms with van der Waals surface area (Å²) in [6.45, 7) is 4.38. The molecule has 0 bridgehead atoms. The van der Waals surface area contributed by atoms with Gasteiger partial charge in [0.25, 0.3) is 11.8 Å². The van der Waals surface area contributed by atoms with Gasteiger partial charge in [-0.15, -0.1) is 11.3 Å². The molecule has 0 aliphatic rings. The number of primary amides is 1. The van der Waals surface area contributed by atoms with Crippen LogP contribution in [0.2, 0.25) is 0 Å². The SMILES string of the molecule is CC(C)c1cc(C(N)=O)c(NC(=O)c2cccc(COc3ccccc3Br)c2)s1. The van der Waals surface area contributed by atoms with Crippen molar-refractivity contribution in [1.29, 1.82) is 0 Å². The second-order valence-electron chi connectivity index (χ2n) is 6.78. The molecule has 0 radical (unpaired) electrons. The van der Waals surface area contributed by atoms with E-state index >= 15 is 0 Å². The number of carbonyl (C=O) groups is 2. The normalized spacial score (nSPS) is 10.8. The number of rotatable bonds is 7. The maximum absolute atomic E-state index is 12.7. The summed E-state index contributed by atoms with van der Waals surface area (Å²) in [5.41, 5.74) is 7.14. The zero-order chi connectivity index (χ0) is 21.0. The predicted octanol–water partition coefficient (Wildman–Crippen LogP) is 5.56. The number of nitrogens with one attached hydrogen (secondary N) is 1. The molecule has 0 aliphatic carbocycles. The van der Waals surface area contributed by atoms with Crippen LogP contribution in [0.5, 0.6) is 5.75 Å². The Balaban J connectivity index is 1.74. The first-order valence-electron chi connectivity index (χ1n) is 9.06. The maximum Gasteiger partial charge on any atom is 0.256 e. The van der Waals surface area contributed by atoms with E-state index in [1.165, 1.54) is 11.3 Å². The van der Waals surface area contributed by atoms with E-state index in [9.17, 15) is 9.59 Å². The van der Waals surface area contributed by atoms with E-state index in [-0.39, 0.29) is 11.8 Å². The monoisotopic (exact) mass is 472 g/mol. The van der Waals surface area contributed by atoms with Crippen LogP contribution in [0.1, 0.15) is 50.9 Å². The standard InChI is InChI=1S/C22H21BrN2O3S/c1-13(2)19-11-16(20(24)26)22(29-19)25-21(27)15-7-5-6-14(10-15)12-28-18-9-4-3-8-17(18)23/h3-11,13H,12H2,1-2H3,(H2,24,26)(H,25,27). The fourth-order valence-corrected chi connectivity index (χ4v) is 4.13. The molecule has 0 saturated carbocycles. The minimum absolute atomic E-state index is 0.238. The Hall–Kier alpha value is -2.64. The van der Waals surface area contributed by atoms with Crippen LogP contribution in [0.4, 0.5) is 5.00 Å². The molecule has 0 atom stereocenters. The van der Waals surface area contributed by atoms with Gasteiger partial charge in [0.1, 0.15) is 17.4 Å². The van der Waals surface area contributed by atoms with Gasteiger partial charge < -0.3 is 15.8 Å². The third-order valence-corrected chi connectivity index (χ3v) is 6.24.